The number of amides is 1. The molecule has 24 heavy (non-hydrogen) atoms. The lowest BCUT2D eigenvalue weighted by molar-refractivity contribution is 0.0737. The number of benzene rings is 1. The molecule has 2 heterocycles. The number of furan rings is 1. The minimum atomic E-state index is 0.0119. The van der Waals surface area contributed by atoms with E-state index in [0.717, 1.165) is 13.1 Å². The number of rotatable bonds is 3. The normalized spacial score (nSPS) is 25.4. The smallest absolute Gasteiger partial charge is 0.289 e. The van der Waals surface area contributed by atoms with E-state index in [9.17, 15) is 4.79 Å². The van der Waals surface area contributed by atoms with Crippen LogP contribution in [-0.4, -0.2) is 41.9 Å². The standard InChI is InChI=1S/C20H24N2O2/c1-13(2)21(3)19-15-8-5-4-7-14(15)16-11-22(12-17(16)19)20(23)18-9-6-10-24-18/h4-10,13,16-17,19H,11-12H2,1-3H3/t16-,17-,19-/m0/s1. The lowest BCUT2D eigenvalue weighted by Gasteiger charge is -2.33. The van der Waals surface area contributed by atoms with Crippen LogP contribution < -0.4 is 0 Å². The molecule has 1 amide bonds. The summed E-state index contributed by atoms with van der Waals surface area (Å²) in [5, 5.41) is 0. The molecule has 0 saturated carbocycles. The lowest BCUT2D eigenvalue weighted by Crippen LogP contribution is -2.36. The van der Waals surface area contributed by atoms with Gasteiger partial charge in [-0.25, -0.2) is 0 Å². The maximum Gasteiger partial charge on any atom is 0.289 e. The average Bonchev–Trinajstić information content (AvgIpc) is 3.29. The Morgan fingerprint density at radius 1 is 1.17 bits per heavy atom. The van der Waals surface area contributed by atoms with E-state index in [0.29, 0.717) is 29.7 Å². The Hall–Kier alpha value is -2.07. The second-order valence-corrected chi connectivity index (χ2v) is 7.29. The van der Waals surface area contributed by atoms with Crippen LogP contribution in [0.3, 0.4) is 0 Å². The van der Waals surface area contributed by atoms with Crippen LogP contribution in [0.15, 0.2) is 47.1 Å². The van der Waals surface area contributed by atoms with Crippen LogP contribution in [0.4, 0.5) is 0 Å². The third-order valence-corrected chi connectivity index (χ3v) is 5.76. The predicted octanol–water partition coefficient (Wildman–Crippen LogP) is 3.53. The molecular weight excluding hydrogens is 300 g/mol. The summed E-state index contributed by atoms with van der Waals surface area (Å²) in [5.74, 6) is 1.33. The van der Waals surface area contributed by atoms with Gasteiger partial charge in [0, 0.05) is 37.0 Å². The molecular formula is C20H24N2O2. The molecule has 1 fully saturated rings. The molecule has 1 aromatic carbocycles. The number of fused-ring (bicyclic) bond motifs is 3. The first-order valence-corrected chi connectivity index (χ1v) is 8.71. The quantitative estimate of drug-likeness (QED) is 0.866. The van der Waals surface area contributed by atoms with Crippen molar-refractivity contribution in [2.45, 2.75) is 31.8 Å². The van der Waals surface area contributed by atoms with Crippen molar-refractivity contribution in [3.8, 4) is 0 Å². The predicted molar refractivity (Wildman–Crippen MR) is 92.9 cm³/mol. The molecule has 1 saturated heterocycles. The molecule has 0 spiro atoms. The van der Waals surface area contributed by atoms with Crippen LogP contribution in [0.1, 0.15) is 47.5 Å². The Kier molecular flexibility index (Phi) is 3.72. The fraction of sp³-hybridized carbons (Fsp3) is 0.450. The molecule has 0 N–H and O–H groups in total. The molecule has 3 atom stereocenters. The largest absolute Gasteiger partial charge is 0.459 e. The summed E-state index contributed by atoms with van der Waals surface area (Å²) in [7, 11) is 2.20. The van der Waals surface area contributed by atoms with Gasteiger partial charge in [-0.05, 0) is 44.2 Å². The molecule has 0 unspecified atom stereocenters. The van der Waals surface area contributed by atoms with Gasteiger partial charge in [0.1, 0.15) is 0 Å². The highest BCUT2D eigenvalue weighted by Gasteiger charge is 2.49. The van der Waals surface area contributed by atoms with Crippen molar-refractivity contribution in [3.63, 3.8) is 0 Å². The second kappa shape index (κ2) is 5.78. The SMILES string of the molecule is CC(C)N(C)[C@H]1c2ccccc2[C@@H]2CN(C(=O)c3ccco3)C[C@@H]21. The van der Waals surface area contributed by atoms with E-state index in [4.69, 9.17) is 4.42 Å². The molecule has 1 aromatic heterocycles. The van der Waals surface area contributed by atoms with E-state index >= 15 is 0 Å². The van der Waals surface area contributed by atoms with Gasteiger partial charge in [0.25, 0.3) is 5.91 Å². The van der Waals surface area contributed by atoms with Crippen molar-refractivity contribution in [1.82, 2.24) is 9.80 Å². The molecule has 126 valence electrons. The van der Waals surface area contributed by atoms with E-state index < -0.39 is 0 Å². The zero-order chi connectivity index (χ0) is 16.8. The summed E-state index contributed by atoms with van der Waals surface area (Å²) < 4.78 is 5.31. The molecule has 2 aromatic rings. The summed E-state index contributed by atoms with van der Waals surface area (Å²) in [4.78, 5) is 17.1. The molecule has 4 heteroatoms. The van der Waals surface area contributed by atoms with Crippen LogP contribution in [-0.2, 0) is 0 Å². The van der Waals surface area contributed by atoms with E-state index in [1.807, 2.05) is 4.90 Å². The van der Waals surface area contributed by atoms with Gasteiger partial charge in [0.2, 0.25) is 0 Å². The van der Waals surface area contributed by atoms with E-state index in [2.05, 4.69) is 50.1 Å². The molecule has 1 aliphatic heterocycles. The molecule has 0 radical (unpaired) electrons. The summed E-state index contributed by atoms with van der Waals surface area (Å²) in [6.45, 7) is 6.04. The first kappa shape index (κ1) is 15.5. The van der Waals surface area contributed by atoms with Crippen molar-refractivity contribution >= 4 is 5.91 Å². The molecule has 4 nitrogen and oxygen atoms in total. The van der Waals surface area contributed by atoms with Crippen molar-refractivity contribution < 1.29 is 9.21 Å². The topological polar surface area (TPSA) is 36.7 Å². The average molecular weight is 324 g/mol. The van der Waals surface area contributed by atoms with Gasteiger partial charge < -0.3 is 9.32 Å². The molecule has 4 rings (SSSR count). The van der Waals surface area contributed by atoms with Gasteiger partial charge in [0.05, 0.1) is 6.26 Å². The summed E-state index contributed by atoms with van der Waals surface area (Å²) >= 11 is 0. The van der Waals surface area contributed by atoms with Crippen LogP contribution >= 0.6 is 0 Å². The third-order valence-electron chi connectivity index (χ3n) is 5.76. The Labute approximate surface area is 143 Å². The fourth-order valence-electron chi connectivity index (χ4n) is 4.39. The van der Waals surface area contributed by atoms with Crippen molar-refractivity contribution in [2.75, 3.05) is 20.1 Å². The molecule has 2 aliphatic rings. The Balaban J connectivity index is 1.66. The highest BCUT2D eigenvalue weighted by molar-refractivity contribution is 5.91. The summed E-state index contributed by atoms with van der Waals surface area (Å²) in [5.41, 5.74) is 2.85. The van der Waals surface area contributed by atoms with Crippen LogP contribution in [0.5, 0.6) is 0 Å². The first-order valence-electron chi connectivity index (χ1n) is 8.71. The fourth-order valence-corrected chi connectivity index (χ4v) is 4.39. The summed E-state index contributed by atoms with van der Waals surface area (Å²) in [6, 6.07) is 13.1. The number of hydrogen-bond donors (Lipinski definition) is 0. The maximum absolute atomic E-state index is 12.7. The maximum atomic E-state index is 12.7. The van der Waals surface area contributed by atoms with Crippen LogP contribution in [0.25, 0.3) is 0 Å². The highest BCUT2D eigenvalue weighted by atomic mass is 16.3. The Morgan fingerprint density at radius 2 is 1.92 bits per heavy atom. The second-order valence-electron chi connectivity index (χ2n) is 7.29. The summed E-state index contributed by atoms with van der Waals surface area (Å²) in [6.07, 6.45) is 1.56. The van der Waals surface area contributed by atoms with Gasteiger partial charge >= 0.3 is 0 Å². The van der Waals surface area contributed by atoms with Crippen molar-refractivity contribution in [3.05, 3.63) is 59.5 Å². The Morgan fingerprint density at radius 3 is 2.58 bits per heavy atom. The van der Waals surface area contributed by atoms with Gasteiger partial charge in [-0.2, -0.15) is 0 Å². The zero-order valence-electron chi connectivity index (χ0n) is 14.5. The molecule has 1 aliphatic carbocycles. The van der Waals surface area contributed by atoms with Gasteiger partial charge in [-0.1, -0.05) is 24.3 Å². The van der Waals surface area contributed by atoms with Crippen molar-refractivity contribution in [2.24, 2.45) is 5.92 Å². The number of hydrogen-bond acceptors (Lipinski definition) is 3. The molecule has 0 bridgehead atoms. The highest BCUT2D eigenvalue weighted by Crippen LogP contribution is 2.51. The number of carbonyl (C=O) groups excluding carboxylic acids is 1. The number of nitrogens with zero attached hydrogens (tertiary/aromatic N) is 2. The monoisotopic (exact) mass is 324 g/mol. The van der Waals surface area contributed by atoms with E-state index in [1.165, 1.54) is 11.1 Å². The minimum Gasteiger partial charge on any atom is -0.459 e. The third kappa shape index (κ3) is 2.28. The van der Waals surface area contributed by atoms with Crippen molar-refractivity contribution in [1.29, 1.82) is 0 Å². The first-order chi connectivity index (χ1) is 11.6. The van der Waals surface area contributed by atoms with Gasteiger partial charge in [-0.15, -0.1) is 0 Å². The van der Waals surface area contributed by atoms with Gasteiger partial charge in [-0.3, -0.25) is 9.69 Å². The van der Waals surface area contributed by atoms with E-state index in [1.54, 1.807) is 18.4 Å². The minimum absolute atomic E-state index is 0.0119. The van der Waals surface area contributed by atoms with Crippen LogP contribution in [0, 0.1) is 5.92 Å². The zero-order valence-corrected chi connectivity index (χ0v) is 14.5. The lowest BCUT2D eigenvalue weighted by atomic mass is 9.93. The van der Waals surface area contributed by atoms with Gasteiger partial charge in [0.15, 0.2) is 5.76 Å². The number of carbonyl (C=O) groups is 1. The van der Waals surface area contributed by atoms with E-state index in [-0.39, 0.29) is 5.91 Å². The Bertz CT molecular complexity index is 738. The van der Waals surface area contributed by atoms with Crippen LogP contribution in [0.2, 0.25) is 0 Å². The number of likely N-dealkylation sites (tertiary alicyclic amines) is 1.